The summed E-state index contributed by atoms with van der Waals surface area (Å²) in [7, 11) is 1.61. The number of aromatic nitrogens is 2. The number of methoxy groups -OCH3 is 1. The van der Waals surface area contributed by atoms with Crippen molar-refractivity contribution in [3.8, 4) is 17.0 Å². The lowest BCUT2D eigenvalue weighted by Gasteiger charge is -2.22. The molecule has 1 heterocycles. The molecule has 0 unspecified atom stereocenters. The number of ether oxygens (including phenoxy) is 1. The van der Waals surface area contributed by atoms with E-state index in [1.165, 1.54) is 0 Å². The molecule has 0 saturated carbocycles. The molecule has 0 aliphatic carbocycles. The van der Waals surface area contributed by atoms with Crippen LogP contribution in [0.2, 0.25) is 0 Å². The van der Waals surface area contributed by atoms with Crippen LogP contribution < -0.4 is 10.1 Å². The third kappa shape index (κ3) is 3.61. The molecule has 1 amide bonds. The molecule has 0 spiro atoms. The van der Waals surface area contributed by atoms with Crippen LogP contribution in [0.15, 0.2) is 30.3 Å². The van der Waals surface area contributed by atoms with Crippen LogP contribution in [-0.4, -0.2) is 40.5 Å². The lowest BCUT2D eigenvalue weighted by Crippen LogP contribution is -2.46. The molecule has 1 aromatic carbocycles. The topological polar surface area (TPSA) is 87.2 Å². The summed E-state index contributed by atoms with van der Waals surface area (Å²) in [5, 5.41) is 18.7. The van der Waals surface area contributed by atoms with E-state index in [-0.39, 0.29) is 12.5 Å². The fraction of sp³-hybridized carbons (Fsp3) is 0.333. The van der Waals surface area contributed by atoms with Gasteiger partial charge in [-0.1, -0.05) is 0 Å². The first-order valence-electron chi connectivity index (χ1n) is 6.58. The van der Waals surface area contributed by atoms with Crippen LogP contribution in [0, 0.1) is 0 Å². The number of aliphatic hydroxyl groups excluding tert-OH is 1. The number of hydrogen-bond acceptors (Lipinski definition) is 4. The number of benzene rings is 1. The number of nitrogens with zero attached hydrogens (tertiary/aromatic N) is 1. The van der Waals surface area contributed by atoms with E-state index in [9.17, 15) is 9.90 Å². The third-order valence-corrected chi connectivity index (χ3v) is 3.06. The predicted octanol–water partition coefficient (Wildman–Crippen LogP) is 1.59. The summed E-state index contributed by atoms with van der Waals surface area (Å²) in [6.45, 7) is 3.34. The van der Waals surface area contributed by atoms with E-state index in [4.69, 9.17) is 4.74 Å². The highest BCUT2D eigenvalue weighted by atomic mass is 16.5. The number of amides is 1. The highest BCUT2D eigenvalue weighted by Crippen LogP contribution is 2.21. The van der Waals surface area contributed by atoms with Gasteiger partial charge < -0.3 is 15.2 Å². The molecule has 6 heteroatoms. The minimum atomic E-state index is -0.678. The van der Waals surface area contributed by atoms with E-state index in [0.29, 0.717) is 11.4 Å². The monoisotopic (exact) mass is 289 g/mol. The van der Waals surface area contributed by atoms with Gasteiger partial charge in [0.1, 0.15) is 11.4 Å². The van der Waals surface area contributed by atoms with Crippen LogP contribution in [-0.2, 0) is 0 Å². The summed E-state index contributed by atoms with van der Waals surface area (Å²) >= 11 is 0. The molecular weight excluding hydrogens is 270 g/mol. The highest BCUT2D eigenvalue weighted by molar-refractivity contribution is 5.93. The Morgan fingerprint density at radius 3 is 2.62 bits per heavy atom. The van der Waals surface area contributed by atoms with Gasteiger partial charge in [0.25, 0.3) is 5.91 Å². The Hall–Kier alpha value is -2.34. The van der Waals surface area contributed by atoms with Gasteiger partial charge in [0.2, 0.25) is 0 Å². The zero-order chi connectivity index (χ0) is 15.5. The van der Waals surface area contributed by atoms with E-state index >= 15 is 0 Å². The second kappa shape index (κ2) is 5.97. The molecule has 0 aliphatic rings. The summed E-state index contributed by atoms with van der Waals surface area (Å²) in [5.41, 5.74) is 1.22. The van der Waals surface area contributed by atoms with Gasteiger partial charge in [-0.3, -0.25) is 9.89 Å². The first-order chi connectivity index (χ1) is 9.95. The van der Waals surface area contributed by atoms with Crippen molar-refractivity contribution in [1.82, 2.24) is 15.5 Å². The second-order valence-electron chi connectivity index (χ2n) is 5.39. The molecule has 1 aromatic heterocycles. The molecule has 0 aliphatic heterocycles. The van der Waals surface area contributed by atoms with Crippen molar-refractivity contribution in [3.05, 3.63) is 36.0 Å². The summed E-state index contributed by atoms with van der Waals surface area (Å²) in [5.74, 6) is 0.457. The average Bonchev–Trinajstić information content (AvgIpc) is 2.97. The predicted molar refractivity (Wildman–Crippen MR) is 79.2 cm³/mol. The summed E-state index contributed by atoms with van der Waals surface area (Å²) in [6, 6.07) is 9.07. The molecule has 6 nitrogen and oxygen atoms in total. The molecule has 0 atom stereocenters. The van der Waals surface area contributed by atoms with Crippen molar-refractivity contribution < 1.29 is 14.6 Å². The Balaban J connectivity index is 2.15. The first-order valence-corrected chi connectivity index (χ1v) is 6.58. The normalized spacial score (nSPS) is 11.2. The Morgan fingerprint density at radius 2 is 2.05 bits per heavy atom. The van der Waals surface area contributed by atoms with Gasteiger partial charge in [-0.05, 0) is 44.2 Å². The maximum Gasteiger partial charge on any atom is 0.269 e. The van der Waals surface area contributed by atoms with Crippen LogP contribution >= 0.6 is 0 Å². The van der Waals surface area contributed by atoms with Gasteiger partial charge >= 0.3 is 0 Å². The van der Waals surface area contributed by atoms with E-state index in [0.717, 1.165) is 11.3 Å². The quantitative estimate of drug-likeness (QED) is 0.780. The van der Waals surface area contributed by atoms with Crippen molar-refractivity contribution in [2.75, 3.05) is 13.7 Å². The fourth-order valence-electron chi connectivity index (χ4n) is 1.76. The SMILES string of the molecule is COc1ccc(-c2cc(C(=O)NC(C)(C)CO)[nH]n2)cc1. The molecule has 0 bridgehead atoms. The number of hydrogen-bond donors (Lipinski definition) is 3. The number of nitrogens with one attached hydrogen (secondary N) is 2. The van der Waals surface area contributed by atoms with Gasteiger partial charge in [-0.2, -0.15) is 5.10 Å². The Bertz CT molecular complexity index is 617. The van der Waals surface area contributed by atoms with Crippen LogP contribution in [0.3, 0.4) is 0 Å². The van der Waals surface area contributed by atoms with Gasteiger partial charge in [-0.25, -0.2) is 0 Å². The van der Waals surface area contributed by atoms with Crippen molar-refractivity contribution in [1.29, 1.82) is 0 Å². The molecule has 3 N–H and O–H groups in total. The van der Waals surface area contributed by atoms with E-state index in [1.54, 1.807) is 27.0 Å². The van der Waals surface area contributed by atoms with Crippen molar-refractivity contribution in [2.24, 2.45) is 0 Å². The number of H-pyrrole nitrogens is 1. The van der Waals surface area contributed by atoms with Crippen molar-refractivity contribution >= 4 is 5.91 Å². The maximum atomic E-state index is 12.1. The van der Waals surface area contributed by atoms with Gasteiger partial charge in [-0.15, -0.1) is 0 Å². The van der Waals surface area contributed by atoms with Gasteiger partial charge in [0, 0.05) is 5.56 Å². The fourth-order valence-corrected chi connectivity index (χ4v) is 1.76. The Labute approximate surface area is 123 Å². The third-order valence-electron chi connectivity index (χ3n) is 3.06. The summed E-state index contributed by atoms with van der Waals surface area (Å²) < 4.78 is 5.10. The summed E-state index contributed by atoms with van der Waals surface area (Å²) in [6.07, 6.45) is 0. The molecule has 2 aromatic rings. The smallest absolute Gasteiger partial charge is 0.269 e. The van der Waals surface area contributed by atoms with E-state index < -0.39 is 5.54 Å². The Kier molecular flexibility index (Phi) is 4.28. The maximum absolute atomic E-state index is 12.1. The zero-order valence-corrected chi connectivity index (χ0v) is 12.3. The highest BCUT2D eigenvalue weighted by Gasteiger charge is 2.21. The molecule has 112 valence electrons. The molecule has 21 heavy (non-hydrogen) atoms. The summed E-state index contributed by atoms with van der Waals surface area (Å²) in [4.78, 5) is 12.1. The molecule has 0 saturated heterocycles. The lowest BCUT2D eigenvalue weighted by molar-refractivity contribution is 0.0864. The second-order valence-corrected chi connectivity index (χ2v) is 5.39. The van der Waals surface area contributed by atoms with Gasteiger partial charge in [0.15, 0.2) is 0 Å². The minimum absolute atomic E-state index is 0.141. The minimum Gasteiger partial charge on any atom is -0.497 e. The number of aromatic amines is 1. The largest absolute Gasteiger partial charge is 0.497 e. The van der Waals surface area contributed by atoms with E-state index in [1.807, 2.05) is 24.3 Å². The van der Waals surface area contributed by atoms with Crippen LogP contribution in [0.5, 0.6) is 5.75 Å². The van der Waals surface area contributed by atoms with Crippen LogP contribution in [0.25, 0.3) is 11.3 Å². The van der Waals surface area contributed by atoms with Gasteiger partial charge in [0.05, 0.1) is 24.9 Å². The standard InChI is InChI=1S/C15H19N3O3/c1-15(2,9-19)16-14(20)13-8-12(17-18-13)10-4-6-11(21-3)7-5-10/h4-8,19H,9H2,1-3H3,(H,16,20)(H,17,18). The average molecular weight is 289 g/mol. The number of carbonyl (C=O) groups excluding carboxylic acids is 1. The Morgan fingerprint density at radius 1 is 1.38 bits per heavy atom. The first kappa shape index (κ1) is 15.1. The number of carbonyl (C=O) groups is 1. The van der Waals surface area contributed by atoms with E-state index in [2.05, 4.69) is 15.5 Å². The molecule has 0 fully saturated rings. The van der Waals surface area contributed by atoms with Crippen molar-refractivity contribution in [2.45, 2.75) is 19.4 Å². The molecule has 0 radical (unpaired) electrons. The lowest BCUT2D eigenvalue weighted by atomic mass is 10.1. The number of aliphatic hydroxyl groups is 1. The van der Waals surface area contributed by atoms with Crippen LogP contribution in [0.1, 0.15) is 24.3 Å². The molecule has 2 rings (SSSR count). The number of rotatable bonds is 5. The molecular formula is C15H19N3O3. The van der Waals surface area contributed by atoms with Crippen molar-refractivity contribution in [3.63, 3.8) is 0 Å². The zero-order valence-electron chi connectivity index (χ0n) is 12.3. The van der Waals surface area contributed by atoms with Crippen LogP contribution in [0.4, 0.5) is 0 Å².